The van der Waals surface area contributed by atoms with Crippen LogP contribution < -0.4 is 15.4 Å². The molecule has 1 aliphatic heterocycles. The molecule has 0 aliphatic carbocycles. The number of carbonyl (C=O) groups excluding carboxylic acids is 1. The van der Waals surface area contributed by atoms with Gasteiger partial charge in [0.15, 0.2) is 0 Å². The molecule has 0 bridgehead atoms. The first-order valence-electron chi connectivity index (χ1n) is 7.97. The summed E-state index contributed by atoms with van der Waals surface area (Å²) in [5.74, 6) is 1.77. The lowest BCUT2D eigenvalue weighted by Gasteiger charge is -2.12. The Morgan fingerprint density at radius 3 is 2.87 bits per heavy atom. The van der Waals surface area contributed by atoms with Gasteiger partial charge < -0.3 is 15.4 Å². The van der Waals surface area contributed by atoms with Gasteiger partial charge in [0.2, 0.25) is 5.91 Å². The highest BCUT2D eigenvalue weighted by atomic mass is 35.5. The number of amides is 1. The van der Waals surface area contributed by atoms with E-state index in [1.807, 2.05) is 6.07 Å². The Kier molecular flexibility index (Phi) is 8.74. The van der Waals surface area contributed by atoms with Crippen LogP contribution in [0.1, 0.15) is 33.1 Å². The molecule has 1 fully saturated rings. The van der Waals surface area contributed by atoms with Gasteiger partial charge in [-0.25, -0.2) is 0 Å². The molecular weight excluding hydrogens is 335 g/mol. The number of rotatable bonds is 7. The second kappa shape index (κ2) is 10.0. The van der Waals surface area contributed by atoms with Crippen molar-refractivity contribution < 1.29 is 9.53 Å². The predicted octanol–water partition coefficient (Wildman–Crippen LogP) is 4.12. The van der Waals surface area contributed by atoms with Crippen LogP contribution in [0, 0.1) is 11.8 Å². The summed E-state index contributed by atoms with van der Waals surface area (Å²) in [4.78, 5) is 12.0. The van der Waals surface area contributed by atoms with E-state index < -0.39 is 0 Å². The third-order valence-electron chi connectivity index (χ3n) is 3.73. The number of ether oxygens (including phenoxy) is 1. The quantitative estimate of drug-likeness (QED) is 0.768. The third kappa shape index (κ3) is 6.98. The Morgan fingerprint density at radius 1 is 1.48 bits per heavy atom. The van der Waals surface area contributed by atoms with E-state index in [4.69, 9.17) is 16.3 Å². The summed E-state index contributed by atoms with van der Waals surface area (Å²) in [7, 11) is 0. The van der Waals surface area contributed by atoms with Gasteiger partial charge in [-0.2, -0.15) is 0 Å². The molecule has 6 heteroatoms. The normalized spacial score (nSPS) is 17.0. The number of benzene rings is 1. The van der Waals surface area contributed by atoms with E-state index in [1.54, 1.807) is 12.1 Å². The van der Waals surface area contributed by atoms with Gasteiger partial charge in [0.25, 0.3) is 0 Å². The van der Waals surface area contributed by atoms with Crippen LogP contribution in [0.3, 0.4) is 0 Å². The minimum absolute atomic E-state index is 0. The van der Waals surface area contributed by atoms with E-state index in [0.29, 0.717) is 35.6 Å². The lowest BCUT2D eigenvalue weighted by Crippen LogP contribution is -2.15. The molecule has 1 aliphatic rings. The number of nitrogens with one attached hydrogen (secondary N) is 2. The van der Waals surface area contributed by atoms with Crippen molar-refractivity contribution in [3.8, 4) is 5.75 Å². The van der Waals surface area contributed by atoms with Crippen LogP contribution in [0.4, 0.5) is 5.69 Å². The fourth-order valence-electron chi connectivity index (χ4n) is 2.47. The number of halogens is 2. The van der Waals surface area contributed by atoms with Crippen molar-refractivity contribution in [2.24, 2.45) is 11.8 Å². The average Bonchev–Trinajstić information content (AvgIpc) is 2.97. The van der Waals surface area contributed by atoms with Gasteiger partial charge in [0.1, 0.15) is 5.75 Å². The summed E-state index contributed by atoms with van der Waals surface area (Å²) >= 11 is 6.19. The van der Waals surface area contributed by atoms with E-state index in [1.165, 1.54) is 6.42 Å². The standard InChI is InChI=1S/C17H25ClN2O2.ClH/c1-12(2)11-22-16-5-4-14(9-15(16)18)20-17(21)6-3-13-7-8-19-10-13;/h4-5,9,12-13,19H,3,6-8,10-11H2,1-2H3,(H,20,21);1H. The highest BCUT2D eigenvalue weighted by molar-refractivity contribution is 6.32. The summed E-state index contributed by atoms with van der Waals surface area (Å²) in [6, 6.07) is 5.38. The molecule has 2 N–H and O–H groups in total. The molecular formula is C17H26Cl2N2O2. The van der Waals surface area contributed by atoms with Crippen molar-refractivity contribution in [3.63, 3.8) is 0 Å². The molecule has 1 atom stereocenters. The van der Waals surface area contributed by atoms with E-state index in [2.05, 4.69) is 24.5 Å². The van der Waals surface area contributed by atoms with Crippen molar-refractivity contribution in [2.45, 2.75) is 33.1 Å². The minimum Gasteiger partial charge on any atom is -0.492 e. The average molecular weight is 361 g/mol. The van der Waals surface area contributed by atoms with Gasteiger partial charge in [-0.3, -0.25) is 4.79 Å². The van der Waals surface area contributed by atoms with Gasteiger partial charge in [0.05, 0.1) is 11.6 Å². The first-order chi connectivity index (χ1) is 10.5. The minimum atomic E-state index is 0. The molecule has 1 aromatic rings. The van der Waals surface area contributed by atoms with E-state index in [-0.39, 0.29) is 18.3 Å². The first kappa shape index (κ1) is 20.1. The molecule has 130 valence electrons. The van der Waals surface area contributed by atoms with E-state index in [9.17, 15) is 4.79 Å². The van der Waals surface area contributed by atoms with Gasteiger partial charge in [-0.15, -0.1) is 12.4 Å². The second-order valence-electron chi connectivity index (χ2n) is 6.30. The van der Waals surface area contributed by atoms with E-state index in [0.717, 1.165) is 25.2 Å². The molecule has 1 heterocycles. The maximum Gasteiger partial charge on any atom is 0.224 e. The van der Waals surface area contributed by atoms with Crippen molar-refractivity contribution >= 4 is 35.6 Å². The topological polar surface area (TPSA) is 50.4 Å². The van der Waals surface area contributed by atoms with Crippen LogP contribution in [0.15, 0.2) is 18.2 Å². The third-order valence-corrected chi connectivity index (χ3v) is 4.03. The Balaban J connectivity index is 0.00000264. The zero-order valence-corrected chi connectivity index (χ0v) is 15.3. The highest BCUT2D eigenvalue weighted by Crippen LogP contribution is 2.28. The molecule has 4 nitrogen and oxygen atoms in total. The molecule has 1 saturated heterocycles. The smallest absolute Gasteiger partial charge is 0.224 e. The molecule has 0 radical (unpaired) electrons. The van der Waals surface area contributed by atoms with Crippen LogP contribution in [0.2, 0.25) is 5.02 Å². The molecule has 1 aromatic carbocycles. The molecule has 1 unspecified atom stereocenters. The van der Waals surface area contributed by atoms with Gasteiger partial charge in [-0.05, 0) is 56.0 Å². The second-order valence-corrected chi connectivity index (χ2v) is 6.70. The molecule has 0 saturated carbocycles. The van der Waals surface area contributed by atoms with Crippen LogP contribution in [0.5, 0.6) is 5.75 Å². The number of hydrogen-bond donors (Lipinski definition) is 2. The summed E-state index contributed by atoms with van der Waals surface area (Å²) in [6.45, 7) is 6.90. The molecule has 23 heavy (non-hydrogen) atoms. The van der Waals surface area contributed by atoms with Crippen molar-refractivity contribution in [1.82, 2.24) is 5.32 Å². The van der Waals surface area contributed by atoms with Crippen molar-refractivity contribution in [2.75, 3.05) is 25.0 Å². The Morgan fingerprint density at radius 2 is 2.26 bits per heavy atom. The summed E-state index contributed by atoms with van der Waals surface area (Å²) in [6.07, 6.45) is 2.65. The largest absolute Gasteiger partial charge is 0.492 e. The van der Waals surface area contributed by atoms with Crippen molar-refractivity contribution in [1.29, 1.82) is 0 Å². The Hall–Kier alpha value is -0.970. The molecule has 0 aromatic heterocycles. The predicted molar refractivity (Wildman–Crippen MR) is 97.9 cm³/mol. The molecule has 2 rings (SSSR count). The SMILES string of the molecule is CC(C)COc1ccc(NC(=O)CCC2CCNC2)cc1Cl.Cl. The van der Waals surface area contributed by atoms with Gasteiger partial charge in [-0.1, -0.05) is 25.4 Å². The first-order valence-corrected chi connectivity index (χ1v) is 8.35. The maximum atomic E-state index is 12.0. The highest BCUT2D eigenvalue weighted by Gasteiger charge is 2.16. The number of anilines is 1. The molecule has 1 amide bonds. The van der Waals surface area contributed by atoms with Gasteiger partial charge in [0, 0.05) is 12.1 Å². The number of carbonyl (C=O) groups is 1. The number of hydrogen-bond acceptors (Lipinski definition) is 3. The lowest BCUT2D eigenvalue weighted by molar-refractivity contribution is -0.116. The van der Waals surface area contributed by atoms with Crippen LogP contribution in [-0.2, 0) is 4.79 Å². The van der Waals surface area contributed by atoms with E-state index >= 15 is 0 Å². The lowest BCUT2D eigenvalue weighted by atomic mass is 10.0. The maximum absolute atomic E-state index is 12.0. The zero-order chi connectivity index (χ0) is 15.9. The fourth-order valence-corrected chi connectivity index (χ4v) is 2.71. The fraction of sp³-hybridized carbons (Fsp3) is 0.588. The molecule has 0 spiro atoms. The van der Waals surface area contributed by atoms with Crippen LogP contribution >= 0.6 is 24.0 Å². The van der Waals surface area contributed by atoms with Crippen LogP contribution in [0.25, 0.3) is 0 Å². The zero-order valence-electron chi connectivity index (χ0n) is 13.7. The monoisotopic (exact) mass is 360 g/mol. The summed E-state index contributed by atoms with van der Waals surface area (Å²) in [5.41, 5.74) is 0.719. The Bertz CT molecular complexity index is 503. The Labute approximate surface area is 149 Å². The van der Waals surface area contributed by atoms with Crippen molar-refractivity contribution in [3.05, 3.63) is 23.2 Å². The van der Waals surface area contributed by atoms with Crippen LogP contribution in [-0.4, -0.2) is 25.6 Å². The summed E-state index contributed by atoms with van der Waals surface area (Å²) < 4.78 is 5.62. The van der Waals surface area contributed by atoms with Gasteiger partial charge >= 0.3 is 0 Å². The summed E-state index contributed by atoms with van der Waals surface area (Å²) in [5, 5.41) is 6.74.